The van der Waals surface area contributed by atoms with Crippen molar-refractivity contribution in [1.29, 1.82) is 0 Å². The molecule has 0 spiro atoms. The molecule has 0 saturated carbocycles. The average Bonchev–Trinajstić information content (AvgIpc) is 3.40. The van der Waals surface area contributed by atoms with Crippen LogP contribution in [0.5, 0.6) is 0 Å². The summed E-state index contributed by atoms with van der Waals surface area (Å²) in [5, 5.41) is 10.8. The summed E-state index contributed by atoms with van der Waals surface area (Å²) in [4.78, 5) is 13.7. The minimum atomic E-state index is -3.65. The number of amides is 1. The molecular weight excluding hydrogens is 534 g/mol. The van der Waals surface area contributed by atoms with Crippen molar-refractivity contribution >= 4 is 33.4 Å². The highest BCUT2D eigenvalue weighted by Crippen LogP contribution is 2.31. The van der Waals surface area contributed by atoms with Crippen LogP contribution in [0.4, 0.5) is 5.69 Å². The van der Waals surface area contributed by atoms with Gasteiger partial charge in [0.15, 0.2) is 0 Å². The fourth-order valence-electron chi connectivity index (χ4n) is 5.25. The molecule has 0 bridgehead atoms. The second-order valence-corrected chi connectivity index (χ2v) is 12.2. The summed E-state index contributed by atoms with van der Waals surface area (Å²) in [6, 6.07) is 25.9. The standard InChI is InChI=1S/C32H31N5O3S/c1-24-30(32(38)37(33-24)28-16-8-5-9-17-28)22-26-23-36(27-14-6-4-7-15-27)34-31(26)25-13-12-18-29(21-25)41(39,40)35-19-10-2-3-11-20-35/h4-9,12-18,21-23H,2-3,10-11,19-20H2,1H3. The van der Waals surface area contributed by atoms with Gasteiger partial charge in [0.25, 0.3) is 5.91 Å². The zero-order valence-corrected chi connectivity index (χ0v) is 23.7. The predicted octanol–water partition coefficient (Wildman–Crippen LogP) is 5.91. The van der Waals surface area contributed by atoms with Crippen LogP contribution in [0.1, 0.15) is 38.2 Å². The number of aromatic nitrogens is 2. The molecule has 1 aromatic heterocycles. The number of hydrogen-bond acceptors (Lipinski definition) is 5. The number of anilines is 1. The fraction of sp³-hybridized carbons (Fsp3) is 0.219. The third kappa shape index (κ3) is 5.38. The summed E-state index contributed by atoms with van der Waals surface area (Å²) in [5.74, 6) is -0.232. The number of para-hydroxylation sites is 2. The van der Waals surface area contributed by atoms with Gasteiger partial charge in [-0.1, -0.05) is 61.4 Å². The van der Waals surface area contributed by atoms with E-state index in [1.807, 2.05) is 79.9 Å². The number of hydrazone groups is 1. The molecule has 208 valence electrons. The van der Waals surface area contributed by atoms with Crippen LogP contribution in [0, 0.1) is 0 Å². The van der Waals surface area contributed by atoms with E-state index in [1.54, 1.807) is 33.3 Å². The van der Waals surface area contributed by atoms with Crippen molar-refractivity contribution < 1.29 is 13.2 Å². The van der Waals surface area contributed by atoms with Crippen molar-refractivity contribution in [3.8, 4) is 16.9 Å². The summed E-state index contributed by atoms with van der Waals surface area (Å²) in [6.07, 6.45) is 7.48. The van der Waals surface area contributed by atoms with Gasteiger partial charge < -0.3 is 0 Å². The van der Waals surface area contributed by atoms with Crippen molar-refractivity contribution in [2.24, 2.45) is 5.10 Å². The molecule has 41 heavy (non-hydrogen) atoms. The van der Waals surface area contributed by atoms with Gasteiger partial charge in [-0.3, -0.25) is 4.79 Å². The van der Waals surface area contributed by atoms with Gasteiger partial charge >= 0.3 is 0 Å². The summed E-state index contributed by atoms with van der Waals surface area (Å²) in [6.45, 7) is 2.87. The van der Waals surface area contributed by atoms with E-state index in [4.69, 9.17) is 5.10 Å². The van der Waals surface area contributed by atoms with Crippen molar-refractivity contribution in [2.75, 3.05) is 18.1 Å². The highest BCUT2D eigenvalue weighted by atomic mass is 32.2. The number of hydrogen-bond donors (Lipinski definition) is 0. The van der Waals surface area contributed by atoms with E-state index in [2.05, 4.69) is 5.10 Å². The molecule has 1 saturated heterocycles. The van der Waals surface area contributed by atoms with Crippen LogP contribution in [0.2, 0.25) is 0 Å². The van der Waals surface area contributed by atoms with Crippen LogP contribution < -0.4 is 5.01 Å². The molecule has 2 aliphatic rings. The zero-order chi connectivity index (χ0) is 28.4. The molecule has 0 aliphatic carbocycles. The Labute approximate surface area is 240 Å². The van der Waals surface area contributed by atoms with Crippen LogP contribution in [0.25, 0.3) is 23.0 Å². The Morgan fingerprint density at radius 3 is 2.15 bits per heavy atom. The van der Waals surface area contributed by atoms with Gasteiger partial charge in [-0.15, -0.1) is 0 Å². The van der Waals surface area contributed by atoms with Gasteiger partial charge in [0.05, 0.1) is 27.6 Å². The van der Waals surface area contributed by atoms with Gasteiger partial charge in [0.1, 0.15) is 5.69 Å². The molecule has 4 aromatic rings. The third-order valence-corrected chi connectivity index (χ3v) is 9.33. The molecule has 1 amide bonds. The van der Waals surface area contributed by atoms with Crippen molar-refractivity contribution in [3.05, 3.63) is 102 Å². The lowest BCUT2D eigenvalue weighted by atomic mass is 10.0. The van der Waals surface area contributed by atoms with Crippen LogP contribution in [-0.2, 0) is 14.8 Å². The van der Waals surface area contributed by atoms with Gasteiger partial charge in [0, 0.05) is 30.4 Å². The Morgan fingerprint density at radius 2 is 1.46 bits per heavy atom. The van der Waals surface area contributed by atoms with Crippen molar-refractivity contribution in [2.45, 2.75) is 37.5 Å². The highest BCUT2D eigenvalue weighted by molar-refractivity contribution is 7.89. The molecular formula is C32H31N5O3S. The lowest BCUT2D eigenvalue weighted by molar-refractivity contribution is -0.114. The minimum Gasteiger partial charge on any atom is -0.267 e. The fourth-order valence-corrected chi connectivity index (χ4v) is 6.81. The maximum absolute atomic E-state index is 13.6. The highest BCUT2D eigenvalue weighted by Gasteiger charge is 2.30. The molecule has 9 heteroatoms. The second-order valence-electron chi connectivity index (χ2n) is 10.3. The van der Waals surface area contributed by atoms with Crippen LogP contribution in [0.3, 0.4) is 0 Å². The quantitative estimate of drug-likeness (QED) is 0.272. The zero-order valence-electron chi connectivity index (χ0n) is 22.8. The monoisotopic (exact) mass is 565 g/mol. The summed E-state index contributed by atoms with van der Waals surface area (Å²) in [5.41, 5.74) is 4.50. The van der Waals surface area contributed by atoms with E-state index in [-0.39, 0.29) is 10.8 Å². The number of benzene rings is 3. The third-order valence-electron chi connectivity index (χ3n) is 7.44. The largest absolute Gasteiger partial charge is 0.280 e. The van der Waals surface area contributed by atoms with E-state index in [9.17, 15) is 13.2 Å². The number of nitrogens with zero attached hydrogens (tertiary/aromatic N) is 5. The minimum absolute atomic E-state index is 0.232. The molecule has 6 rings (SSSR count). The van der Waals surface area contributed by atoms with Crippen molar-refractivity contribution in [3.63, 3.8) is 0 Å². The lowest BCUT2D eigenvalue weighted by Gasteiger charge is -2.20. The van der Waals surface area contributed by atoms with Gasteiger partial charge in [0.2, 0.25) is 10.0 Å². The first-order chi connectivity index (χ1) is 19.9. The molecule has 0 unspecified atom stereocenters. The molecule has 3 aromatic carbocycles. The number of carbonyl (C=O) groups is 1. The molecule has 0 N–H and O–H groups in total. The molecule has 8 nitrogen and oxygen atoms in total. The Hall–Kier alpha value is -4.34. The van der Waals surface area contributed by atoms with E-state index in [1.165, 1.54) is 5.01 Å². The number of rotatable bonds is 6. The topological polar surface area (TPSA) is 87.9 Å². The first kappa shape index (κ1) is 26.9. The number of carbonyl (C=O) groups excluding carboxylic acids is 1. The molecule has 0 atom stereocenters. The Morgan fingerprint density at radius 1 is 0.805 bits per heavy atom. The maximum atomic E-state index is 13.6. The van der Waals surface area contributed by atoms with Crippen LogP contribution in [-0.4, -0.2) is 47.2 Å². The average molecular weight is 566 g/mol. The van der Waals surface area contributed by atoms with E-state index >= 15 is 0 Å². The predicted molar refractivity (Wildman–Crippen MR) is 161 cm³/mol. The normalized spacial score (nSPS) is 17.6. The number of sulfonamides is 1. The molecule has 1 fully saturated rings. The molecule has 0 radical (unpaired) electrons. The van der Waals surface area contributed by atoms with E-state index < -0.39 is 10.0 Å². The van der Waals surface area contributed by atoms with E-state index in [0.717, 1.165) is 31.4 Å². The van der Waals surface area contributed by atoms with Crippen LogP contribution >= 0.6 is 0 Å². The first-order valence-electron chi connectivity index (χ1n) is 13.8. The maximum Gasteiger partial charge on any atom is 0.280 e. The van der Waals surface area contributed by atoms with Gasteiger partial charge in [-0.25, -0.2) is 13.1 Å². The Kier molecular flexibility index (Phi) is 7.38. The van der Waals surface area contributed by atoms with E-state index in [0.29, 0.717) is 46.9 Å². The lowest BCUT2D eigenvalue weighted by Crippen LogP contribution is -2.31. The summed E-state index contributed by atoms with van der Waals surface area (Å²) < 4.78 is 30.5. The second kappa shape index (κ2) is 11.3. The summed E-state index contributed by atoms with van der Waals surface area (Å²) >= 11 is 0. The Balaban J connectivity index is 1.43. The first-order valence-corrected chi connectivity index (χ1v) is 15.3. The molecule has 3 heterocycles. The van der Waals surface area contributed by atoms with Crippen LogP contribution in [0.15, 0.2) is 107 Å². The summed E-state index contributed by atoms with van der Waals surface area (Å²) in [7, 11) is -3.65. The van der Waals surface area contributed by atoms with Crippen molar-refractivity contribution in [1.82, 2.24) is 14.1 Å². The Bertz CT molecular complexity index is 1740. The van der Waals surface area contributed by atoms with Gasteiger partial charge in [-0.05, 0) is 62.2 Å². The SMILES string of the molecule is CC1=NN(c2ccccc2)C(=O)C1=Cc1cn(-c2ccccc2)nc1-c1cccc(S(=O)(=O)N2CCCCCC2)c1. The smallest absolute Gasteiger partial charge is 0.267 e. The van der Waals surface area contributed by atoms with Gasteiger partial charge in [-0.2, -0.15) is 19.5 Å². The molecule has 2 aliphatic heterocycles.